The normalized spacial score (nSPS) is 14.3. The molecule has 21 heavy (non-hydrogen) atoms. The summed E-state index contributed by atoms with van der Waals surface area (Å²) in [5.41, 5.74) is 3.09. The van der Waals surface area contributed by atoms with Crippen molar-refractivity contribution in [3.8, 4) is 5.75 Å². The summed E-state index contributed by atoms with van der Waals surface area (Å²) in [5, 5.41) is 9.42. The standard InChI is InChI=1S/C17H20N2O2/c1-2-15-9-13(12-20)10-17(18-15)19-7-8-21-16-6-4-3-5-14(16)11-19/h3-6,9-10,20H,2,7-8,11-12H2,1H3. The third-order valence-electron chi connectivity index (χ3n) is 3.75. The van der Waals surface area contributed by atoms with E-state index >= 15 is 0 Å². The molecule has 0 bridgehead atoms. The van der Waals surface area contributed by atoms with Gasteiger partial charge in [0.05, 0.1) is 13.2 Å². The minimum atomic E-state index is 0.0451. The van der Waals surface area contributed by atoms with Gasteiger partial charge in [-0.25, -0.2) is 4.98 Å². The summed E-state index contributed by atoms with van der Waals surface area (Å²) >= 11 is 0. The van der Waals surface area contributed by atoms with Crippen LogP contribution in [-0.2, 0) is 19.6 Å². The van der Waals surface area contributed by atoms with Gasteiger partial charge in [0.15, 0.2) is 0 Å². The number of aliphatic hydroxyl groups excluding tert-OH is 1. The van der Waals surface area contributed by atoms with Gasteiger partial charge in [0, 0.05) is 17.8 Å². The molecule has 1 aliphatic rings. The average molecular weight is 284 g/mol. The monoisotopic (exact) mass is 284 g/mol. The van der Waals surface area contributed by atoms with Crippen molar-refractivity contribution >= 4 is 5.82 Å². The maximum atomic E-state index is 9.42. The Labute approximate surface area is 125 Å². The predicted molar refractivity (Wildman–Crippen MR) is 82.5 cm³/mol. The number of fused-ring (bicyclic) bond motifs is 1. The lowest BCUT2D eigenvalue weighted by atomic mass is 10.1. The van der Waals surface area contributed by atoms with Crippen LogP contribution in [0.4, 0.5) is 5.82 Å². The van der Waals surface area contributed by atoms with E-state index in [1.165, 1.54) is 5.56 Å². The number of benzene rings is 1. The quantitative estimate of drug-likeness (QED) is 0.941. The van der Waals surface area contributed by atoms with Gasteiger partial charge in [-0.3, -0.25) is 0 Å². The van der Waals surface area contributed by atoms with E-state index in [1.807, 2.05) is 30.3 Å². The first-order chi connectivity index (χ1) is 10.3. The average Bonchev–Trinajstić information content (AvgIpc) is 2.76. The second-order valence-corrected chi connectivity index (χ2v) is 5.21. The number of aliphatic hydroxyl groups is 1. The summed E-state index contributed by atoms with van der Waals surface area (Å²) in [4.78, 5) is 6.91. The van der Waals surface area contributed by atoms with Crippen molar-refractivity contribution in [3.05, 3.63) is 53.2 Å². The van der Waals surface area contributed by atoms with Gasteiger partial charge in [-0.15, -0.1) is 0 Å². The number of aromatic nitrogens is 1. The second kappa shape index (κ2) is 6.14. The van der Waals surface area contributed by atoms with Crippen molar-refractivity contribution in [3.63, 3.8) is 0 Å². The van der Waals surface area contributed by atoms with Crippen LogP contribution in [0.2, 0.25) is 0 Å². The Hall–Kier alpha value is -2.07. The first-order valence-electron chi connectivity index (χ1n) is 7.36. The summed E-state index contributed by atoms with van der Waals surface area (Å²) in [5.74, 6) is 1.87. The lowest BCUT2D eigenvalue weighted by Gasteiger charge is -2.22. The van der Waals surface area contributed by atoms with Crippen molar-refractivity contribution in [2.45, 2.75) is 26.5 Å². The number of hydrogen-bond donors (Lipinski definition) is 1. The predicted octanol–water partition coefficient (Wildman–Crippen LogP) is 2.54. The van der Waals surface area contributed by atoms with Crippen molar-refractivity contribution in [2.75, 3.05) is 18.1 Å². The van der Waals surface area contributed by atoms with Crippen LogP contribution in [0.5, 0.6) is 5.75 Å². The molecule has 0 atom stereocenters. The molecular formula is C17H20N2O2. The largest absolute Gasteiger partial charge is 0.491 e. The maximum absolute atomic E-state index is 9.42. The third-order valence-corrected chi connectivity index (χ3v) is 3.75. The zero-order chi connectivity index (χ0) is 14.7. The smallest absolute Gasteiger partial charge is 0.129 e. The molecule has 1 aliphatic heterocycles. The second-order valence-electron chi connectivity index (χ2n) is 5.21. The van der Waals surface area contributed by atoms with Crippen molar-refractivity contribution in [1.82, 2.24) is 4.98 Å². The number of rotatable bonds is 3. The van der Waals surface area contributed by atoms with Gasteiger partial charge in [-0.05, 0) is 30.2 Å². The lowest BCUT2D eigenvalue weighted by Crippen LogP contribution is -2.26. The molecule has 0 saturated heterocycles. The van der Waals surface area contributed by atoms with Crippen LogP contribution >= 0.6 is 0 Å². The minimum Gasteiger partial charge on any atom is -0.491 e. The molecule has 1 N–H and O–H groups in total. The van der Waals surface area contributed by atoms with Gasteiger partial charge in [0.1, 0.15) is 18.2 Å². The highest BCUT2D eigenvalue weighted by atomic mass is 16.5. The highest BCUT2D eigenvalue weighted by Gasteiger charge is 2.17. The molecule has 0 aliphatic carbocycles. The first-order valence-corrected chi connectivity index (χ1v) is 7.36. The molecule has 4 nitrogen and oxygen atoms in total. The zero-order valence-corrected chi connectivity index (χ0v) is 12.2. The van der Waals surface area contributed by atoms with Crippen LogP contribution in [0, 0.1) is 0 Å². The third kappa shape index (κ3) is 3.00. The van der Waals surface area contributed by atoms with Crippen LogP contribution in [0.15, 0.2) is 36.4 Å². The molecule has 0 amide bonds. The van der Waals surface area contributed by atoms with Gasteiger partial charge in [0.2, 0.25) is 0 Å². The van der Waals surface area contributed by atoms with Gasteiger partial charge in [-0.1, -0.05) is 25.1 Å². The highest BCUT2D eigenvalue weighted by molar-refractivity contribution is 5.46. The van der Waals surface area contributed by atoms with E-state index < -0.39 is 0 Å². The summed E-state index contributed by atoms with van der Waals surface area (Å²) < 4.78 is 5.79. The van der Waals surface area contributed by atoms with Gasteiger partial charge in [0.25, 0.3) is 0 Å². The summed E-state index contributed by atoms with van der Waals surface area (Å²) in [7, 11) is 0. The van der Waals surface area contributed by atoms with Crippen LogP contribution in [-0.4, -0.2) is 23.2 Å². The topological polar surface area (TPSA) is 45.6 Å². The molecule has 0 spiro atoms. The van der Waals surface area contributed by atoms with Gasteiger partial charge in [-0.2, -0.15) is 0 Å². The molecule has 0 saturated carbocycles. The Balaban J connectivity index is 1.93. The highest BCUT2D eigenvalue weighted by Crippen LogP contribution is 2.26. The molecule has 1 aromatic heterocycles. The van der Waals surface area contributed by atoms with Crippen molar-refractivity contribution in [2.24, 2.45) is 0 Å². The fourth-order valence-corrected chi connectivity index (χ4v) is 2.59. The molecular weight excluding hydrogens is 264 g/mol. The number of para-hydroxylation sites is 1. The molecule has 1 aromatic carbocycles. The molecule has 110 valence electrons. The Morgan fingerprint density at radius 3 is 2.95 bits per heavy atom. The van der Waals surface area contributed by atoms with Gasteiger partial charge < -0.3 is 14.7 Å². The van der Waals surface area contributed by atoms with E-state index in [0.717, 1.165) is 42.3 Å². The summed E-state index contributed by atoms with van der Waals surface area (Å²) in [6.45, 7) is 4.34. The molecule has 3 rings (SSSR count). The van der Waals surface area contributed by atoms with Crippen molar-refractivity contribution in [1.29, 1.82) is 0 Å². The number of aryl methyl sites for hydroxylation is 1. The zero-order valence-electron chi connectivity index (χ0n) is 12.2. The van der Waals surface area contributed by atoms with Gasteiger partial charge >= 0.3 is 0 Å². The number of hydrogen-bond acceptors (Lipinski definition) is 4. The molecule has 0 unspecified atom stereocenters. The fourth-order valence-electron chi connectivity index (χ4n) is 2.59. The molecule has 2 heterocycles. The molecule has 4 heteroatoms. The van der Waals surface area contributed by atoms with E-state index in [4.69, 9.17) is 9.72 Å². The molecule has 0 fully saturated rings. The Morgan fingerprint density at radius 1 is 1.29 bits per heavy atom. The number of anilines is 1. The Kier molecular flexibility index (Phi) is 4.06. The SMILES string of the molecule is CCc1cc(CO)cc(N2CCOc3ccccc3C2)n1. The van der Waals surface area contributed by atoms with Crippen LogP contribution in [0.25, 0.3) is 0 Å². The Bertz CT molecular complexity index is 606. The van der Waals surface area contributed by atoms with E-state index in [0.29, 0.717) is 6.61 Å². The maximum Gasteiger partial charge on any atom is 0.129 e. The lowest BCUT2D eigenvalue weighted by molar-refractivity contribution is 0.281. The van der Waals surface area contributed by atoms with Crippen LogP contribution < -0.4 is 9.64 Å². The minimum absolute atomic E-state index is 0.0451. The van der Waals surface area contributed by atoms with E-state index in [2.05, 4.69) is 17.9 Å². The summed E-state index contributed by atoms with van der Waals surface area (Å²) in [6.07, 6.45) is 0.863. The molecule has 2 aromatic rings. The Morgan fingerprint density at radius 2 is 2.14 bits per heavy atom. The van der Waals surface area contributed by atoms with Crippen LogP contribution in [0.1, 0.15) is 23.7 Å². The number of ether oxygens (including phenoxy) is 1. The number of nitrogens with zero attached hydrogens (tertiary/aromatic N) is 2. The van der Waals surface area contributed by atoms with E-state index in [1.54, 1.807) is 0 Å². The van der Waals surface area contributed by atoms with E-state index in [-0.39, 0.29) is 6.61 Å². The van der Waals surface area contributed by atoms with Crippen LogP contribution in [0.3, 0.4) is 0 Å². The fraction of sp³-hybridized carbons (Fsp3) is 0.353. The molecule has 0 radical (unpaired) electrons. The number of pyridine rings is 1. The summed E-state index contributed by atoms with van der Waals surface area (Å²) in [6, 6.07) is 12.0. The van der Waals surface area contributed by atoms with Crippen molar-refractivity contribution < 1.29 is 9.84 Å². The first kappa shape index (κ1) is 13.9. The van der Waals surface area contributed by atoms with E-state index in [9.17, 15) is 5.11 Å².